The van der Waals surface area contributed by atoms with Crippen molar-refractivity contribution < 1.29 is 9.59 Å². The molecular formula is C12H20N2O2. The number of hydrogen-bond acceptors (Lipinski definition) is 2. The third kappa shape index (κ3) is 4.47. The van der Waals surface area contributed by atoms with Gasteiger partial charge in [-0.25, -0.2) is 0 Å². The number of nitrogens with one attached hydrogen (secondary N) is 1. The summed E-state index contributed by atoms with van der Waals surface area (Å²) in [7, 11) is 0. The monoisotopic (exact) mass is 224 g/mol. The summed E-state index contributed by atoms with van der Waals surface area (Å²) in [5, 5.41) is 2.68. The van der Waals surface area contributed by atoms with E-state index in [2.05, 4.69) is 5.32 Å². The maximum atomic E-state index is 11.7. The Balaban J connectivity index is 2.16. The summed E-state index contributed by atoms with van der Waals surface area (Å²) in [4.78, 5) is 24.7. The minimum Gasteiger partial charge on any atom is -0.352 e. The van der Waals surface area contributed by atoms with Crippen LogP contribution in [0.4, 0.5) is 0 Å². The molecule has 1 saturated heterocycles. The Morgan fingerprint density at radius 3 is 2.56 bits per heavy atom. The number of amides is 2. The van der Waals surface area contributed by atoms with E-state index in [1.54, 1.807) is 13.0 Å². The van der Waals surface area contributed by atoms with Crippen LogP contribution in [0, 0.1) is 0 Å². The molecule has 1 heterocycles. The molecule has 0 radical (unpaired) electrons. The van der Waals surface area contributed by atoms with Crippen molar-refractivity contribution in [1.82, 2.24) is 10.2 Å². The number of carbonyl (C=O) groups excluding carboxylic acids is 2. The molecule has 0 atom stereocenters. The van der Waals surface area contributed by atoms with Crippen molar-refractivity contribution in [1.29, 1.82) is 0 Å². The van der Waals surface area contributed by atoms with E-state index in [1.165, 1.54) is 12.5 Å². The maximum Gasteiger partial charge on any atom is 0.243 e. The molecule has 0 aromatic heterocycles. The molecule has 0 aromatic rings. The Morgan fingerprint density at radius 1 is 1.25 bits per heavy atom. The van der Waals surface area contributed by atoms with Crippen molar-refractivity contribution in [3.05, 3.63) is 12.2 Å². The minimum absolute atomic E-state index is 0.131. The molecule has 0 aromatic carbocycles. The van der Waals surface area contributed by atoms with Crippen molar-refractivity contribution in [2.45, 2.75) is 32.6 Å². The van der Waals surface area contributed by atoms with Gasteiger partial charge in [-0.1, -0.05) is 6.08 Å². The molecule has 1 N–H and O–H groups in total. The Bertz CT molecular complexity index is 268. The number of likely N-dealkylation sites (tertiary alicyclic amines) is 1. The fraction of sp³-hybridized carbons (Fsp3) is 0.667. The third-order valence-corrected chi connectivity index (χ3v) is 2.66. The first-order valence-corrected chi connectivity index (χ1v) is 5.92. The second-order valence-electron chi connectivity index (χ2n) is 3.98. The number of allylic oxidation sites excluding steroid dienone is 1. The molecule has 4 heteroatoms. The molecule has 4 nitrogen and oxygen atoms in total. The van der Waals surface area contributed by atoms with E-state index >= 15 is 0 Å². The van der Waals surface area contributed by atoms with Crippen LogP contribution in [0.15, 0.2) is 12.2 Å². The number of piperidine rings is 1. The predicted molar refractivity (Wildman–Crippen MR) is 62.9 cm³/mol. The molecule has 16 heavy (non-hydrogen) atoms. The smallest absolute Gasteiger partial charge is 0.243 e. The van der Waals surface area contributed by atoms with Crippen molar-refractivity contribution in [2.24, 2.45) is 0 Å². The van der Waals surface area contributed by atoms with Crippen molar-refractivity contribution in [2.75, 3.05) is 19.6 Å². The fourth-order valence-corrected chi connectivity index (χ4v) is 1.80. The summed E-state index contributed by atoms with van der Waals surface area (Å²) < 4.78 is 0. The van der Waals surface area contributed by atoms with Gasteiger partial charge in [-0.15, -0.1) is 0 Å². The minimum atomic E-state index is -0.131. The number of carbonyl (C=O) groups is 2. The highest BCUT2D eigenvalue weighted by Crippen LogP contribution is 2.09. The summed E-state index contributed by atoms with van der Waals surface area (Å²) in [5.74, 6) is 0.0226. The SMILES string of the molecule is C/C=C/C(=O)NCCC(=O)N1CCCCC1. The maximum absolute atomic E-state index is 11.7. The highest BCUT2D eigenvalue weighted by molar-refractivity contribution is 5.87. The predicted octanol–water partition coefficient (Wildman–Crippen LogP) is 1.08. The van der Waals surface area contributed by atoms with Crippen LogP contribution < -0.4 is 5.32 Å². The van der Waals surface area contributed by atoms with Crippen LogP contribution in [0.1, 0.15) is 32.6 Å². The number of rotatable bonds is 4. The highest BCUT2D eigenvalue weighted by Gasteiger charge is 2.15. The van der Waals surface area contributed by atoms with Crippen molar-refractivity contribution in [3.8, 4) is 0 Å². The van der Waals surface area contributed by atoms with Gasteiger partial charge in [0.1, 0.15) is 0 Å². The van der Waals surface area contributed by atoms with E-state index in [-0.39, 0.29) is 11.8 Å². The van der Waals surface area contributed by atoms with E-state index in [4.69, 9.17) is 0 Å². The van der Waals surface area contributed by atoms with E-state index in [1.807, 2.05) is 4.90 Å². The standard InChI is InChI=1S/C12H20N2O2/c1-2-6-11(15)13-8-7-12(16)14-9-4-3-5-10-14/h2,6H,3-5,7-10H2,1H3,(H,13,15)/b6-2+. The van der Waals surface area contributed by atoms with Crippen molar-refractivity contribution in [3.63, 3.8) is 0 Å². The summed E-state index contributed by atoms with van der Waals surface area (Å²) in [6.07, 6.45) is 6.99. The molecule has 0 unspecified atom stereocenters. The second kappa shape index (κ2) is 7.04. The summed E-state index contributed by atoms with van der Waals surface area (Å²) in [5.41, 5.74) is 0. The first-order valence-electron chi connectivity index (χ1n) is 5.92. The average Bonchev–Trinajstić information content (AvgIpc) is 2.30. The molecular weight excluding hydrogens is 204 g/mol. The van der Waals surface area contributed by atoms with Crippen LogP contribution in [0.5, 0.6) is 0 Å². The highest BCUT2D eigenvalue weighted by atomic mass is 16.2. The first-order chi connectivity index (χ1) is 7.74. The molecule has 0 bridgehead atoms. The molecule has 1 rings (SSSR count). The van der Waals surface area contributed by atoms with Gasteiger partial charge in [-0.2, -0.15) is 0 Å². The van der Waals surface area contributed by atoms with Crippen LogP contribution in [0.2, 0.25) is 0 Å². The number of hydrogen-bond donors (Lipinski definition) is 1. The normalized spacial score (nSPS) is 16.4. The zero-order chi connectivity index (χ0) is 11.8. The molecule has 2 amide bonds. The van der Waals surface area contributed by atoms with E-state index in [0.29, 0.717) is 13.0 Å². The molecule has 1 aliphatic heterocycles. The van der Waals surface area contributed by atoms with Gasteiger partial charge in [0.25, 0.3) is 0 Å². The van der Waals surface area contributed by atoms with Gasteiger partial charge < -0.3 is 10.2 Å². The van der Waals surface area contributed by atoms with Gasteiger partial charge in [0.15, 0.2) is 0 Å². The third-order valence-electron chi connectivity index (χ3n) is 2.66. The van der Waals surface area contributed by atoms with Gasteiger partial charge in [0.05, 0.1) is 0 Å². The Hall–Kier alpha value is -1.32. The average molecular weight is 224 g/mol. The van der Waals surface area contributed by atoms with Gasteiger partial charge in [-0.05, 0) is 32.3 Å². The van der Waals surface area contributed by atoms with Gasteiger partial charge in [0.2, 0.25) is 11.8 Å². The lowest BCUT2D eigenvalue weighted by Gasteiger charge is -2.26. The van der Waals surface area contributed by atoms with E-state index in [0.717, 1.165) is 25.9 Å². The Labute approximate surface area is 96.7 Å². The number of nitrogens with zero attached hydrogens (tertiary/aromatic N) is 1. The lowest BCUT2D eigenvalue weighted by Crippen LogP contribution is -2.37. The first kappa shape index (κ1) is 12.7. The Morgan fingerprint density at radius 2 is 1.94 bits per heavy atom. The van der Waals surface area contributed by atoms with Crippen LogP contribution in [-0.4, -0.2) is 36.3 Å². The zero-order valence-electron chi connectivity index (χ0n) is 9.87. The van der Waals surface area contributed by atoms with Crippen LogP contribution in [-0.2, 0) is 9.59 Å². The van der Waals surface area contributed by atoms with E-state index < -0.39 is 0 Å². The van der Waals surface area contributed by atoms with Gasteiger partial charge in [0, 0.05) is 26.1 Å². The summed E-state index contributed by atoms with van der Waals surface area (Å²) >= 11 is 0. The summed E-state index contributed by atoms with van der Waals surface area (Å²) in [6.45, 7) is 3.97. The lowest BCUT2D eigenvalue weighted by atomic mass is 10.1. The molecule has 1 aliphatic rings. The Kier molecular flexibility index (Phi) is 5.61. The molecule has 90 valence electrons. The summed E-state index contributed by atoms with van der Waals surface area (Å²) in [6, 6.07) is 0. The molecule has 1 fully saturated rings. The largest absolute Gasteiger partial charge is 0.352 e. The van der Waals surface area contributed by atoms with Crippen molar-refractivity contribution >= 4 is 11.8 Å². The van der Waals surface area contributed by atoms with Crippen LogP contribution in [0.25, 0.3) is 0 Å². The van der Waals surface area contributed by atoms with Crippen LogP contribution >= 0.6 is 0 Å². The molecule has 0 saturated carbocycles. The van der Waals surface area contributed by atoms with Gasteiger partial charge >= 0.3 is 0 Å². The fourth-order valence-electron chi connectivity index (χ4n) is 1.80. The quantitative estimate of drug-likeness (QED) is 0.726. The lowest BCUT2D eigenvalue weighted by molar-refractivity contribution is -0.132. The van der Waals surface area contributed by atoms with Gasteiger partial charge in [-0.3, -0.25) is 9.59 Å². The second-order valence-corrected chi connectivity index (χ2v) is 3.98. The topological polar surface area (TPSA) is 49.4 Å². The molecule has 0 aliphatic carbocycles. The zero-order valence-corrected chi connectivity index (χ0v) is 9.87. The van der Waals surface area contributed by atoms with Crippen LogP contribution in [0.3, 0.4) is 0 Å². The molecule has 0 spiro atoms. The van der Waals surface area contributed by atoms with E-state index in [9.17, 15) is 9.59 Å².